The fourth-order valence-electron chi connectivity index (χ4n) is 1.64. The summed E-state index contributed by atoms with van der Waals surface area (Å²) >= 11 is 0. The molecule has 0 aromatic heterocycles. The van der Waals surface area contributed by atoms with E-state index in [1.165, 1.54) is 5.57 Å². The maximum atomic E-state index is 4.01. The lowest BCUT2D eigenvalue weighted by Gasteiger charge is -2.33. The fourth-order valence-corrected chi connectivity index (χ4v) is 1.64. The lowest BCUT2D eigenvalue weighted by atomic mass is 9.37. The Bertz CT molecular complexity index is 202. The van der Waals surface area contributed by atoms with Crippen molar-refractivity contribution < 1.29 is 0 Å². The van der Waals surface area contributed by atoms with Crippen molar-refractivity contribution in [2.24, 2.45) is 5.92 Å². The summed E-state index contributed by atoms with van der Waals surface area (Å²) in [6.45, 7) is 17.1. The van der Waals surface area contributed by atoms with Gasteiger partial charge in [-0.25, -0.2) is 0 Å². The normalized spacial score (nSPS) is 15.6. The maximum absolute atomic E-state index is 4.01. The highest BCUT2D eigenvalue weighted by molar-refractivity contribution is 7.00. The Morgan fingerprint density at radius 2 is 1.93 bits per heavy atom. The van der Waals surface area contributed by atoms with E-state index in [-0.39, 0.29) is 5.54 Å². The van der Waals surface area contributed by atoms with Crippen LogP contribution in [0.3, 0.4) is 0 Å². The van der Waals surface area contributed by atoms with Crippen molar-refractivity contribution in [1.29, 1.82) is 0 Å². The first-order valence-corrected chi connectivity index (χ1v) is 5.84. The molecule has 1 nitrogen and oxygen atoms in total. The second kappa shape index (κ2) is 6.42. The summed E-state index contributed by atoms with van der Waals surface area (Å²) in [7, 11) is 4.32. The molecule has 0 saturated carbocycles. The molecule has 3 heteroatoms. The molecule has 0 aliphatic heterocycles. The molecule has 0 rings (SSSR count). The van der Waals surface area contributed by atoms with E-state index < -0.39 is 0 Å². The van der Waals surface area contributed by atoms with Crippen LogP contribution >= 0.6 is 0 Å². The van der Waals surface area contributed by atoms with Gasteiger partial charge in [0.15, 0.2) is 0 Å². The second-order valence-electron chi connectivity index (χ2n) is 5.23. The van der Waals surface area contributed by atoms with Crippen LogP contribution in [0.2, 0.25) is 13.1 Å². The van der Waals surface area contributed by atoms with Gasteiger partial charge in [0.25, 0.3) is 0 Å². The second-order valence-corrected chi connectivity index (χ2v) is 5.23. The van der Waals surface area contributed by atoms with Crippen molar-refractivity contribution in [3.05, 3.63) is 12.2 Å². The van der Waals surface area contributed by atoms with Gasteiger partial charge < -0.3 is 5.32 Å². The molecule has 0 aromatic carbocycles. The third kappa shape index (κ3) is 6.09. The molecule has 2 atom stereocenters. The molecule has 0 saturated heterocycles. The molecule has 0 spiro atoms. The monoisotopic (exact) mass is 205 g/mol. The molecule has 15 heavy (non-hydrogen) atoms. The highest BCUT2D eigenvalue weighted by Crippen LogP contribution is 2.17. The number of rotatable bonds is 7. The molecule has 0 aliphatic rings. The van der Waals surface area contributed by atoms with Crippen LogP contribution in [-0.4, -0.2) is 25.9 Å². The standard InChI is InChI=1S/C12H25B2N/c1-9(2)10(3)11(4)15-12(5,6)8-14-13-7/h10-11,15H,1,8H2,2-7H3. The summed E-state index contributed by atoms with van der Waals surface area (Å²) < 4.78 is 0. The van der Waals surface area contributed by atoms with Crippen LogP contribution in [0.1, 0.15) is 34.6 Å². The van der Waals surface area contributed by atoms with Crippen LogP contribution in [0.4, 0.5) is 0 Å². The van der Waals surface area contributed by atoms with Gasteiger partial charge in [0, 0.05) is 11.6 Å². The predicted molar refractivity (Wildman–Crippen MR) is 72.8 cm³/mol. The van der Waals surface area contributed by atoms with Crippen LogP contribution in [0, 0.1) is 5.92 Å². The molecule has 0 bridgehead atoms. The molecule has 0 aliphatic carbocycles. The third-order valence-corrected chi connectivity index (χ3v) is 3.01. The summed E-state index contributed by atoms with van der Waals surface area (Å²) in [5.41, 5.74) is 1.41. The van der Waals surface area contributed by atoms with E-state index in [0.29, 0.717) is 12.0 Å². The summed E-state index contributed by atoms with van der Waals surface area (Å²) in [6, 6.07) is 0.475. The minimum absolute atomic E-state index is 0.162. The smallest absolute Gasteiger partial charge is 0.0672 e. The van der Waals surface area contributed by atoms with Crippen LogP contribution in [0.5, 0.6) is 0 Å². The Morgan fingerprint density at radius 3 is 2.33 bits per heavy atom. The SMILES string of the molecule is C=C(C)C(C)C(C)NC(C)(C)C[B][B]C. The first-order valence-electron chi connectivity index (χ1n) is 5.84. The van der Waals surface area contributed by atoms with E-state index in [9.17, 15) is 0 Å². The molecule has 2 radical (unpaired) electrons. The summed E-state index contributed by atoms with van der Waals surface area (Å²) in [4.78, 5) is 0. The largest absolute Gasteiger partial charge is 0.309 e. The highest BCUT2D eigenvalue weighted by Gasteiger charge is 2.22. The Kier molecular flexibility index (Phi) is 6.35. The minimum Gasteiger partial charge on any atom is -0.309 e. The van der Waals surface area contributed by atoms with Crippen molar-refractivity contribution in [2.75, 3.05) is 0 Å². The van der Waals surface area contributed by atoms with Gasteiger partial charge in [-0.2, -0.15) is 0 Å². The molecule has 0 fully saturated rings. The van der Waals surface area contributed by atoms with E-state index in [2.05, 4.69) is 67.7 Å². The molecule has 0 aromatic rings. The molecule has 0 amide bonds. The zero-order chi connectivity index (χ0) is 12.1. The number of nitrogens with one attached hydrogen (secondary N) is 1. The van der Waals surface area contributed by atoms with Gasteiger partial charge in [0.2, 0.25) is 0 Å². The molecule has 2 unspecified atom stereocenters. The Balaban J connectivity index is 4.13. The van der Waals surface area contributed by atoms with Gasteiger partial charge in [-0.15, -0.1) is 0 Å². The van der Waals surface area contributed by atoms with Crippen molar-refractivity contribution in [3.63, 3.8) is 0 Å². The first-order chi connectivity index (χ1) is 6.80. The van der Waals surface area contributed by atoms with Gasteiger partial charge in [-0.05, 0) is 33.6 Å². The lowest BCUT2D eigenvalue weighted by Crippen LogP contribution is -2.48. The Morgan fingerprint density at radius 1 is 1.40 bits per heavy atom. The third-order valence-electron chi connectivity index (χ3n) is 3.01. The van der Waals surface area contributed by atoms with Crippen LogP contribution in [0.25, 0.3) is 0 Å². The van der Waals surface area contributed by atoms with E-state index in [1.807, 2.05) is 0 Å². The van der Waals surface area contributed by atoms with Crippen molar-refractivity contribution in [3.8, 4) is 0 Å². The van der Waals surface area contributed by atoms with Gasteiger partial charge in [-0.3, -0.25) is 0 Å². The highest BCUT2D eigenvalue weighted by atomic mass is 15.0. The minimum atomic E-state index is 0.162. The van der Waals surface area contributed by atoms with Gasteiger partial charge in [-0.1, -0.05) is 32.2 Å². The quantitative estimate of drug-likeness (QED) is 0.497. The van der Waals surface area contributed by atoms with Crippen molar-refractivity contribution in [1.82, 2.24) is 5.32 Å². The number of hydrogen-bond acceptors (Lipinski definition) is 1. The lowest BCUT2D eigenvalue weighted by molar-refractivity contribution is 0.329. The average molecular weight is 205 g/mol. The van der Waals surface area contributed by atoms with Crippen molar-refractivity contribution in [2.45, 2.75) is 59.3 Å². The first kappa shape index (κ1) is 14.8. The topological polar surface area (TPSA) is 12.0 Å². The van der Waals surface area contributed by atoms with E-state index in [0.717, 1.165) is 6.32 Å². The molecule has 84 valence electrons. The molecule has 1 N–H and O–H groups in total. The summed E-state index contributed by atoms with van der Waals surface area (Å²) in [6.07, 6.45) is 1.07. The van der Waals surface area contributed by atoms with Gasteiger partial charge >= 0.3 is 0 Å². The zero-order valence-corrected chi connectivity index (χ0v) is 11.2. The van der Waals surface area contributed by atoms with E-state index in [4.69, 9.17) is 0 Å². The Hall–Kier alpha value is -0.170. The molecular formula is C12H25B2N. The number of hydrogen-bond donors (Lipinski definition) is 1. The summed E-state index contributed by atoms with van der Waals surface area (Å²) in [5.74, 6) is 0.523. The van der Waals surface area contributed by atoms with Crippen LogP contribution < -0.4 is 5.32 Å². The van der Waals surface area contributed by atoms with Crippen molar-refractivity contribution >= 4 is 14.3 Å². The Labute approximate surface area is 97.6 Å². The van der Waals surface area contributed by atoms with Gasteiger partial charge in [0.05, 0.1) is 14.3 Å². The van der Waals surface area contributed by atoms with E-state index >= 15 is 0 Å². The van der Waals surface area contributed by atoms with Crippen LogP contribution in [-0.2, 0) is 0 Å². The fraction of sp³-hybridized carbons (Fsp3) is 0.833. The molecule has 0 heterocycles. The zero-order valence-electron chi connectivity index (χ0n) is 11.2. The van der Waals surface area contributed by atoms with Crippen LogP contribution in [0.15, 0.2) is 12.2 Å². The maximum Gasteiger partial charge on any atom is 0.0672 e. The molecular weight excluding hydrogens is 180 g/mol. The summed E-state index contributed by atoms with van der Waals surface area (Å²) in [5, 5.41) is 3.66. The average Bonchev–Trinajstić information content (AvgIpc) is 2.12. The van der Waals surface area contributed by atoms with E-state index in [1.54, 1.807) is 0 Å². The predicted octanol–water partition coefficient (Wildman–Crippen LogP) is 2.75. The van der Waals surface area contributed by atoms with Gasteiger partial charge in [0.1, 0.15) is 0 Å².